The first kappa shape index (κ1) is 48.9. The minimum atomic E-state index is -0.379. The summed E-state index contributed by atoms with van der Waals surface area (Å²) < 4.78 is 12.3. The van der Waals surface area contributed by atoms with Gasteiger partial charge in [0.1, 0.15) is 23.7 Å². The third kappa shape index (κ3) is 14.1. The second-order valence-electron chi connectivity index (χ2n) is 24.5. The molecular weight excluding hydrogens is 757 g/mol. The van der Waals surface area contributed by atoms with Crippen LogP contribution < -0.4 is 10.6 Å². The molecule has 4 N–H and O–H groups in total. The largest absolute Gasteiger partial charge is 0.506 e. The van der Waals surface area contributed by atoms with Crippen LogP contribution in [0, 0.1) is 10.8 Å². The number of phenolic OH excluding ortho intramolecular Hbond substituents is 2. The van der Waals surface area contributed by atoms with E-state index in [-0.39, 0.29) is 92.3 Å². The smallest absolute Gasteiger partial charge is 0.310 e. The van der Waals surface area contributed by atoms with Gasteiger partial charge < -0.3 is 30.3 Å². The lowest BCUT2D eigenvalue weighted by Crippen LogP contribution is -2.59. The van der Waals surface area contributed by atoms with E-state index in [1.54, 1.807) is 0 Å². The predicted molar refractivity (Wildman–Crippen MR) is 243 cm³/mol. The second-order valence-corrected chi connectivity index (χ2v) is 25.6. The highest BCUT2D eigenvalue weighted by atomic mass is 32.2. The first-order valence-electron chi connectivity index (χ1n) is 21.8. The Morgan fingerprint density at radius 2 is 0.864 bits per heavy atom. The summed E-state index contributed by atoms with van der Waals surface area (Å²) in [4.78, 5) is 28.6. The molecule has 4 rings (SSSR count). The molecule has 2 fully saturated rings. The molecule has 0 unspecified atom stereocenters. The first-order chi connectivity index (χ1) is 26.4. The van der Waals surface area contributed by atoms with E-state index in [0.717, 1.165) is 24.0 Å². The first-order valence-corrected chi connectivity index (χ1v) is 22.6. The normalized spacial score (nSPS) is 20.0. The molecular formula is C50H80N2O6S. The van der Waals surface area contributed by atoms with Crippen LogP contribution in [-0.4, -0.2) is 56.5 Å². The van der Waals surface area contributed by atoms with Crippen LogP contribution in [0.15, 0.2) is 34.1 Å². The number of phenols is 2. The molecule has 2 heterocycles. The topological polar surface area (TPSA) is 117 Å². The van der Waals surface area contributed by atoms with Gasteiger partial charge in [-0.3, -0.25) is 9.59 Å². The van der Waals surface area contributed by atoms with Gasteiger partial charge in [-0.15, -0.1) is 0 Å². The van der Waals surface area contributed by atoms with Crippen molar-refractivity contribution in [2.45, 2.75) is 231 Å². The zero-order valence-corrected chi connectivity index (χ0v) is 40.9. The molecule has 2 aliphatic heterocycles. The zero-order valence-electron chi connectivity index (χ0n) is 40.1. The monoisotopic (exact) mass is 837 g/mol. The molecule has 332 valence electrons. The summed E-state index contributed by atoms with van der Waals surface area (Å²) in [5.41, 5.74) is 1.59. The Bertz CT molecular complexity index is 1690. The Labute approximate surface area is 362 Å². The van der Waals surface area contributed by atoms with Crippen molar-refractivity contribution in [3.63, 3.8) is 0 Å². The highest BCUT2D eigenvalue weighted by molar-refractivity contribution is 7.99. The molecule has 59 heavy (non-hydrogen) atoms. The zero-order chi connectivity index (χ0) is 44.9. The highest BCUT2D eigenvalue weighted by Gasteiger charge is 2.41. The number of piperidine rings is 2. The minimum absolute atomic E-state index is 0.0101. The molecule has 2 saturated heterocycles. The molecule has 0 spiro atoms. The number of carbonyl (C=O) groups is 2. The van der Waals surface area contributed by atoms with Gasteiger partial charge in [-0.2, -0.15) is 0 Å². The summed E-state index contributed by atoms with van der Waals surface area (Å²) >= 11 is 1.27. The Morgan fingerprint density at radius 1 is 0.576 bits per heavy atom. The van der Waals surface area contributed by atoms with Gasteiger partial charge in [0.15, 0.2) is 0 Å². The molecule has 0 bridgehead atoms. The Balaban J connectivity index is 1.78. The summed E-state index contributed by atoms with van der Waals surface area (Å²) in [6.45, 7) is 39.1. The fourth-order valence-corrected chi connectivity index (χ4v) is 12.0. The van der Waals surface area contributed by atoms with Crippen LogP contribution in [0.2, 0.25) is 0 Å². The van der Waals surface area contributed by atoms with Crippen LogP contribution in [0.3, 0.4) is 0 Å². The van der Waals surface area contributed by atoms with Crippen LogP contribution in [0.5, 0.6) is 11.5 Å². The van der Waals surface area contributed by atoms with Crippen LogP contribution in [0.25, 0.3) is 0 Å². The Hall–Kier alpha value is -2.75. The van der Waals surface area contributed by atoms with Crippen molar-refractivity contribution < 1.29 is 29.3 Å². The van der Waals surface area contributed by atoms with Gasteiger partial charge in [0, 0.05) is 59.0 Å². The number of rotatable bonds is 12. The molecule has 2 aromatic carbocycles. The van der Waals surface area contributed by atoms with E-state index < -0.39 is 0 Å². The SMILES string of the molecule is CC(C)(C)CC(C)(C)c1cc(CC(=O)OC2CC(C)(C)NC(C)(C)C2)c(O)c(Sc2cc(C(C)(C)CC(C)(C)C)cc(CC(=O)OC3CC(C)(C)NC(C)(C)C3)c2O)c1. The fraction of sp³-hybridized carbons (Fsp3) is 0.720. The lowest BCUT2D eigenvalue weighted by molar-refractivity contribution is -0.153. The van der Waals surface area contributed by atoms with Crippen molar-refractivity contribution in [3.8, 4) is 11.5 Å². The Morgan fingerprint density at radius 3 is 1.14 bits per heavy atom. The third-order valence-corrected chi connectivity index (χ3v) is 12.7. The number of hydrogen-bond acceptors (Lipinski definition) is 9. The van der Waals surface area contributed by atoms with Crippen molar-refractivity contribution in [1.82, 2.24) is 10.6 Å². The van der Waals surface area contributed by atoms with E-state index in [2.05, 4.69) is 135 Å². The highest BCUT2D eigenvalue weighted by Crippen LogP contribution is 2.48. The van der Waals surface area contributed by atoms with Crippen molar-refractivity contribution in [3.05, 3.63) is 46.5 Å². The molecule has 0 aliphatic carbocycles. The number of benzene rings is 2. The number of hydrogen-bond donors (Lipinski definition) is 4. The predicted octanol–water partition coefficient (Wildman–Crippen LogP) is 11.5. The standard InChI is InChI=1S/C50H80N2O6S/c1-43(2,3)29-45(7,8)33-19-31(21-39(53)57-35-25-47(11,12)51-48(13,14)26-35)41(55)37(23-33)59-38-24-34(46(9,10)30-44(4,5)6)20-32(42(38)56)22-40(54)58-36-27-49(15,16)52-50(17,18)28-36/h19-20,23-24,35-36,51-52,55-56H,21-22,25-30H2,1-18H3. The molecule has 2 aromatic rings. The maximum atomic E-state index is 13.8. The van der Waals surface area contributed by atoms with Crippen LogP contribution in [0.4, 0.5) is 0 Å². The average molecular weight is 837 g/mol. The van der Waals surface area contributed by atoms with Gasteiger partial charge in [-0.1, -0.05) is 93.1 Å². The van der Waals surface area contributed by atoms with E-state index in [1.807, 2.05) is 24.3 Å². The number of ether oxygens (including phenoxy) is 2. The van der Waals surface area contributed by atoms with Crippen molar-refractivity contribution in [2.75, 3.05) is 0 Å². The molecule has 0 saturated carbocycles. The van der Waals surface area contributed by atoms with Gasteiger partial charge in [0.05, 0.1) is 22.6 Å². The molecule has 0 radical (unpaired) electrons. The molecule has 8 nitrogen and oxygen atoms in total. The van der Waals surface area contributed by atoms with E-state index in [4.69, 9.17) is 9.47 Å². The minimum Gasteiger partial charge on any atom is -0.506 e. The van der Waals surface area contributed by atoms with Gasteiger partial charge in [-0.05, 0) is 113 Å². The average Bonchev–Trinajstić information content (AvgIpc) is 2.95. The number of carbonyl (C=O) groups excluding carboxylic acids is 2. The van der Waals surface area contributed by atoms with Crippen LogP contribution >= 0.6 is 11.8 Å². The lowest BCUT2D eigenvalue weighted by atomic mass is 9.72. The van der Waals surface area contributed by atoms with Crippen LogP contribution in [0.1, 0.15) is 185 Å². The molecule has 9 heteroatoms. The van der Waals surface area contributed by atoms with Crippen LogP contribution in [-0.2, 0) is 42.7 Å². The van der Waals surface area contributed by atoms with Crippen molar-refractivity contribution in [2.24, 2.45) is 10.8 Å². The summed E-state index contributed by atoms with van der Waals surface area (Å²) in [5, 5.41) is 31.4. The summed E-state index contributed by atoms with van der Waals surface area (Å²) in [6, 6.07) is 7.91. The van der Waals surface area contributed by atoms with Gasteiger partial charge in [0.25, 0.3) is 0 Å². The fourth-order valence-electron chi connectivity index (χ4n) is 10.9. The van der Waals surface area contributed by atoms with Gasteiger partial charge in [-0.25, -0.2) is 0 Å². The lowest BCUT2D eigenvalue weighted by Gasteiger charge is -2.46. The summed E-state index contributed by atoms with van der Waals surface area (Å²) in [6.07, 6.45) is 3.81. The van der Waals surface area contributed by atoms with E-state index >= 15 is 0 Å². The van der Waals surface area contributed by atoms with E-state index in [9.17, 15) is 19.8 Å². The van der Waals surface area contributed by atoms with Gasteiger partial charge in [0.2, 0.25) is 0 Å². The summed E-state index contributed by atoms with van der Waals surface area (Å²) in [5.74, 6) is -0.778. The van der Waals surface area contributed by atoms with Crippen molar-refractivity contribution >= 4 is 23.7 Å². The van der Waals surface area contributed by atoms with Gasteiger partial charge >= 0.3 is 11.9 Å². The van der Waals surface area contributed by atoms with E-state index in [1.165, 1.54) is 11.8 Å². The quantitative estimate of drug-likeness (QED) is 0.155. The summed E-state index contributed by atoms with van der Waals surface area (Å²) in [7, 11) is 0. The maximum absolute atomic E-state index is 13.8. The van der Waals surface area contributed by atoms with E-state index in [0.29, 0.717) is 46.6 Å². The number of nitrogens with one attached hydrogen (secondary N) is 2. The van der Waals surface area contributed by atoms with Crippen molar-refractivity contribution in [1.29, 1.82) is 0 Å². The molecule has 2 aliphatic rings. The number of esters is 2. The molecule has 0 aromatic heterocycles. The second kappa shape index (κ2) is 16.8. The Kier molecular flexibility index (Phi) is 14.0. The number of aromatic hydroxyl groups is 2. The third-order valence-electron chi connectivity index (χ3n) is 11.6. The maximum Gasteiger partial charge on any atom is 0.310 e. The molecule has 0 amide bonds. The molecule has 0 atom stereocenters.